The van der Waals surface area contributed by atoms with E-state index >= 15 is 0 Å². The lowest BCUT2D eigenvalue weighted by Crippen LogP contribution is -2.12. The zero-order chi connectivity index (χ0) is 19.4. The van der Waals surface area contributed by atoms with Crippen LogP contribution in [0.3, 0.4) is 0 Å². The summed E-state index contributed by atoms with van der Waals surface area (Å²) in [7, 11) is 0. The maximum absolute atomic E-state index is 6.13. The topological polar surface area (TPSA) is 39.9 Å². The second-order valence-corrected chi connectivity index (χ2v) is 7.85. The molecule has 0 saturated carbocycles. The number of hydrogen-bond donors (Lipinski definition) is 0. The van der Waals surface area contributed by atoms with Crippen LogP contribution in [0.5, 0.6) is 5.75 Å². The third kappa shape index (κ3) is 4.66. The van der Waals surface area contributed by atoms with Crippen LogP contribution in [0.2, 0.25) is 5.02 Å². The van der Waals surface area contributed by atoms with Gasteiger partial charge in [-0.25, -0.2) is 0 Å². The molecule has 6 heteroatoms. The number of rotatable bonds is 7. The average Bonchev–Trinajstić information content (AvgIpc) is 3.06. The van der Waals surface area contributed by atoms with Crippen molar-refractivity contribution in [2.45, 2.75) is 51.3 Å². The molecule has 0 aliphatic carbocycles. The van der Waals surface area contributed by atoms with Gasteiger partial charge in [0.05, 0.1) is 0 Å². The molecule has 0 amide bonds. The second-order valence-electron chi connectivity index (χ2n) is 6.47. The van der Waals surface area contributed by atoms with Gasteiger partial charge in [-0.1, -0.05) is 47.6 Å². The SMILES string of the molecule is CCn1c(SCc2ccccc2C)nnc1C(C)Oc1ccc(Cl)cc1C. The summed E-state index contributed by atoms with van der Waals surface area (Å²) in [5.74, 6) is 2.52. The number of nitrogens with zero attached hydrogens (tertiary/aromatic N) is 3. The molecule has 0 N–H and O–H groups in total. The fourth-order valence-corrected chi connectivity index (χ4v) is 4.22. The van der Waals surface area contributed by atoms with Crippen molar-refractivity contribution in [3.63, 3.8) is 0 Å². The molecule has 142 valence electrons. The Labute approximate surface area is 169 Å². The predicted molar refractivity (Wildman–Crippen MR) is 112 cm³/mol. The Kier molecular flexibility index (Phi) is 6.45. The van der Waals surface area contributed by atoms with Crippen LogP contribution in [0.25, 0.3) is 0 Å². The highest BCUT2D eigenvalue weighted by atomic mass is 35.5. The maximum Gasteiger partial charge on any atom is 0.191 e. The lowest BCUT2D eigenvalue weighted by molar-refractivity contribution is 0.208. The van der Waals surface area contributed by atoms with E-state index in [0.29, 0.717) is 5.02 Å². The molecular formula is C21H24ClN3OS. The number of halogens is 1. The molecule has 0 bridgehead atoms. The predicted octanol–water partition coefficient (Wildman–Crippen LogP) is 6.00. The Morgan fingerprint density at radius 1 is 1.11 bits per heavy atom. The molecule has 0 spiro atoms. The van der Waals surface area contributed by atoms with Crippen LogP contribution >= 0.6 is 23.4 Å². The van der Waals surface area contributed by atoms with Crippen LogP contribution in [0.4, 0.5) is 0 Å². The number of hydrogen-bond acceptors (Lipinski definition) is 4. The summed E-state index contributed by atoms with van der Waals surface area (Å²) in [4.78, 5) is 0. The fraction of sp³-hybridized carbons (Fsp3) is 0.333. The monoisotopic (exact) mass is 401 g/mol. The van der Waals surface area contributed by atoms with E-state index in [1.165, 1.54) is 11.1 Å². The molecule has 3 rings (SSSR count). The molecule has 2 aromatic carbocycles. The standard InChI is InChI=1S/C21H24ClN3OS/c1-5-25-20(16(4)26-19-11-10-18(22)12-15(19)3)23-24-21(25)27-13-17-9-7-6-8-14(17)2/h6-12,16H,5,13H2,1-4H3. The largest absolute Gasteiger partial charge is 0.482 e. The van der Waals surface area contributed by atoms with Crippen LogP contribution in [0.1, 0.15) is 42.5 Å². The van der Waals surface area contributed by atoms with E-state index in [1.54, 1.807) is 11.8 Å². The second kappa shape index (κ2) is 8.81. The van der Waals surface area contributed by atoms with Gasteiger partial charge in [-0.2, -0.15) is 0 Å². The Morgan fingerprint density at radius 3 is 2.59 bits per heavy atom. The van der Waals surface area contributed by atoms with Crippen molar-refractivity contribution in [2.75, 3.05) is 0 Å². The quantitative estimate of drug-likeness (QED) is 0.455. The molecule has 0 radical (unpaired) electrons. The number of aromatic nitrogens is 3. The molecule has 1 atom stereocenters. The lowest BCUT2D eigenvalue weighted by atomic mass is 10.1. The maximum atomic E-state index is 6.13. The van der Waals surface area contributed by atoms with Gasteiger partial charge >= 0.3 is 0 Å². The van der Waals surface area contributed by atoms with Gasteiger partial charge in [0.2, 0.25) is 0 Å². The summed E-state index contributed by atoms with van der Waals surface area (Å²) in [6, 6.07) is 14.1. The molecule has 0 fully saturated rings. The molecule has 1 aromatic heterocycles. The van der Waals surface area contributed by atoms with E-state index in [4.69, 9.17) is 16.3 Å². The minimum absolute atomic E-state index is 0.204. The summed E-state index contributed by atoms with van der Waals surface area (Å²) in [5, 5.41) is 10.4. The van der Waals surface area contributed by atoms with Crippen LogP contribution in [-0.2, 0) is 12.3 Å². The van der Waals surface area contributed by atoms with E-state index in [1.807, 2.05) is 32.0 Å². The summed E-state index contributed by atoms with van der Waals surface area (Å²) < 4.78 is 8.26. The smallest absolute Gasteiger partial charge is 0.191 e. The van der Waals surface area contributed by atoms with E-state index in [-0.39, 0.29) is 6.10 Å². The van der Waals surface area contributed by atoms with Gasteiger partial charge in [0.1, 0.15) is 5.75 Å². The van der Waals surface area contributed by atoms with Crippen LogP contribution in [-0.4, -0.2) is 14.8 Å². The molecule has 0 aliphatic heterocycles. The molecule has 27 heavy (non-hydrogen) atoms. The fourth-order valence-electron chi connectivity index (χ4n) is 2.91. The molecule has 0 saturated heterocycles. The first-order valence-electron chi connectivity index (χ1n) is 9.02. The molecule has 3 aromatic rings. The van der Waals surface area contributed by atoms with Crippen molar-refractivity contribution in [2.24, 2.45) is 0 Å². The summed E-state index contributed by atoms with van der Waals surface area (Å²) in [6.07, 6.45) is -0.204. The van der Waals surface area contributed by atoms with Gasteiger partial charge in [-0.15, -0.1) is 10.2 Å². The average molecular weight is 402 g/mol. The highest BCUT2D eigenvalue weighted by Gasteiger charge is 2.19. The number of aryl methyl sites for hydroxylation is 2. The first kappa shape index (κ1) is 19.8. The third-order valence-electron chi connectivity index (χ3n) is 4.48. The first-order valence-corrected chi connectivity index (χ1v) is 10.4. The highest BCUT2D eigenvalue weighted by molar-refractivity contribution is 7.98. The molecule has 1 heterocycles. The number of ether oxygens (including phenoxy) is 1. The van der Waals surface area contributed by atoms with Crippen molar-refractivity contribution >= 4 is 23.4 Å². The van der Waals surface area contributed by atoms with Gasteiger partial charge < -0.3 is 9.30 Å². The summed E-state index contributed by atoms with van der Waals surface area (Å²) in [6.45, 7) is 9.02. The summed E-state index contributed by atoms with van der Waals surface area (Å²) in [5.41, 5.74) is 3.62. The third-order valence-corrected chi connectivity index (χ3v) is 5.73. The van der Waals surface area contributed by atoms with Crippen molar-refractivity contribution in [1.82, 2.24) is 14.8 Å². The molecule has 0 aliphatic rings. The summed E-state index contributed by atoms with van der Waals surface area (Å²) >= 11 is 7.74. The Balaban J connectivity index is 1.75. The zero-order valence-electron chi connectivity index (χ0n) is 16.1. The lowest BCUT2D eigenvalue weighted by Gasteiger charge is -2.17. The van der Waals surface area contributed by atoms with Gasteiger partial charge in [-0.3, -0.25) is 0 Å². The van der Waals surface area contributed by atoms with Gasteiger partial charge in [-0.05, 0) is 62.6 Å². The first-order chi connectivity index (χ1) is 13.0. The highest BCUT2D eigenvalue weighted by Crippen LogP contribution is 2.29. The van der Waals surface area contributed by atoms with Crippen molar-refractivity contribution in [3.8, 4) is 5.75 Å². The van der Waals surface area contributed by atoms with E-state index in [0.717, 1.165) is 34.6 Å². The normalized spacial score (nSPS) is 12.2. The van der Waals surface area contributed by atoms with Crippen molar-refractivity contribution in [1.29, 1.82) is 0 Å². The zero-order valence-corrected chi connectivity index (χ0v) is 17.6. The van der Waals surface area contributed by atoms with E-state index < -0.39 is 0 Å². The van der Waals surface area contributed by atoms with E-state index in [2.05, 4.69) is 52.9 Å². The Hall–Kier alpha value is -1.98. The van der Waals surface area contributed by atoms with Crippen LogP contribution in [0, 0.1) is 13.8 Å². The van der Waals surface area contributed by atoms with Crippen molar-refractivity contribution in [3.05, 3.63) is 70.0 Å². The minimum atomic E-state index is -0.204. The Morgan fingerprint density at radius 2 is 1.89 bits per heavy atom. The van der Waals surface area contributed by atoms with Gasteiger partial charge in [0, 0.05) is 17.3 Å². The molecular weight excluding hydrogens is 378 g/mol. The molecule has 1 unspecified atom stereocenters. The Bertz CT molecular complexity index is 926. The van der Waals surface area contributed by atoms with Gasteiger partial charge in [0.25, 0.3) is 0 Å². The number of thioether (sulfide) groups is 1. The van der Waals surface area contributed by atoms with E-state index in [9.17, 15) is 0 Å². The van der Waals surface area contributed by atoms with Crippen LogP contribution < -0.4 is 4.74 Å². The van der Waals surface area contributed by atoms with Gasteiger partial charge in [0.15, 0.2) is 17.1 Å². The number of benzene rings is 2. The molecule has 4 nitrogen and oxygen atoms in total. The van der Waals surface area contributed by atoms with Crippen LogP contribution in [0.15, 0.2) is 47.6 Å². The van der Waals surface area contributed by atoms with Crippen molar-refractivity contribution < 1.29 is 4.74 Å². The minimum Gasteiger partial charge on any atom is -0.482 e.